The number of fused-ring (bicyclic) bond motifs is 3. The van der Waals surface area contributed by atoms with Gasteiger partial charge in [0.25, 0.3) is 11.8 Å². The lowest BCUT2D eigenvalue weighted by Crippen LogP contribution is -2.47. The molecule has 0 unspecified atom stereocenters. The first kappa shape index (κ1) is 21.4. The van der Waals surface area contributed by atoms with Crippen LogP contribution in [0.3, 0.4) is 0 Å². The number of piperazine rings is 1. The molecule has 6 nitrogen and oxygen atoms in total. The minimum Gasteiger partial charge on any atom is -0.366 e. The largest absolute Gasteiger partial charge is 0.366 e. The fourth-order valence-electron chi connectivity index (χ4n) is 4.47. The monoisotopic (exact) mass is 464 g/mol. The van der Waals surface area contributed by atoms with E-state index in [1.54, 1.807) is 30.3 Å². The van der Waals surface area contributed by atoms with Gasteiger partial charge < -0.3 is 20.5 Å². The second kappa shape index (κ2) is 8.17. The lowest BCUT2D eigenvalue weighted by molar-refractivity contribution is 0.0664. The van der Waals surface area contributed by atoms with Crippen LogP contribution in [0.2, 0.25) is 5.02 Å². The number of hydrogen-bond donors (Lipinski definition) is 2. The number of benzene rings is 3. The van der Waals surface area contributed by atoms with Crippen molar-refractivity contribution < 1.29 is 14.0 Å². The molecule has 3 aromatic carbocycles. The van der Waals surface area contributed by atoms with Crippen molar-refractivity contribution in [2.45, 2.75) is 0 Å². The standard InChI is InChI=1S/C25H22ClFN4O2/c1-30-8-10-31(11-9-30)25(33)14-2-4-17-21(12-14)29-23-18(24(28)32)6-5-16(22(17)23)19-13-15(26)3-7-20(19)27/h2-7,12-13,29H,8-11H2,1H3,(H2,28,32). The number of hydrogen-bond acceptors (Lipinski definition) is 3. The van der Waals surface area contributed by atoms with Gasteiger partial charge in [0.05, 0.1) is 11.1 Å². The summed E-state index contributed by atoms with van der Waals surface area (Å²) < 4.78 is 14.7. The number of nitrogens with one attached hydrogen (secondary N) is 1. The third-order valence-electron chi connectivity index (χ3n) is 6.28. The Morgan fingerprint density at radius 1 is 1.00 bits per heavy atom. The van der Waals surface area contributed by atoms with Crippen molar-refractivity contribution in [2.75, 3.05) is 33.2 Å². The van der Waals surface area contributed by atoms with E-state index in [4.69, 9.17) is 17.3 Å². The predicted octanol–water partition coefficient (Wildman–Crippen LogP) is 4.27. The van der Waals surface area contributed by atoms with Gasteiger partial charge in [0.15, 0.2) is 0 Å². The summed E-state index contributed by atoms with van der Waals surface area (Å²) in [5.74, 6) is -1.07. The highest BCUT2D eigenvalue weighted by Gasteiger charge is 2.23. The van der Waals surface area contributed by atoms with Gasteiger partial charge in [-0.1, -0.05) is 23.7 Å². The van der Waals surface area contributed by atoms with E-state index >= 15 is 0 Å². The molecule has 0 radical (unpaired) electrons. The Kier molecular flexibility index (Phi) is 5.31. The molecule has 1 aliphatic rings. The summed E-state index contributed by atoms with van der Waals surface area (Å²) >= 11 is 6.14. The predicted molar refractivity (Wildman–Crippen MR) is 128 cm³/mol. The van der Waals surface area contributed by atoms with Gasteiger partial charge in [-0.15, -0.1) is 0 Å². The van der Waals surface area contributed by atoms with Gasteiger partial charge in [-0.2, -0.15) is 0 Å². The Balaban J connectivity index is 1.69. The van der Waals surface area contributed by atoms with E-state index in [2.05, 4.69) is 9.88 Å². The molecule has 2 amide bonds. The number of carbonyl (C=O) groups excluding carboxylic acids is 2. The van der Waals surface area contributed by atoms with E-state index in [0.717, 1.165) is 18.5 Å². The zero-order valence-corrected chi connectivity index (χ0v) is 18.7. The van der Waals surface area contributed by atoms with Crippen molar-refractivity contribution in [3.8, 4) is 11.1 Å². The van der Waals surface area contributed by atoms with Crippen LogP contribution in [0.5, 0.6) is 0 Å². The molecular weight excluding hydrogens is 443 g/mol. The molecular formula is C25H22ClFN4O2. The number of carbonyl (C=O) groups is 2. The molecule has 1 aliphatic heterocycles. The fraction of sp³-hybridized carbons (Fsp3) is 0.200. The zero-order chi connectivity index (χ0) is 23.3. The third kappa shape index (κ3) is 3.73. The van der Waals surface area contributed by atoms with Crippen LogP contribution in [0.4, 0.5) is 4.39 Å². The van der Waals surface area contributed by atoms with E-state index in [1.165, 1.54) is 12.1 Å². The van der Waals surface area contributed by atoms with E-state index in [1.807, 2.05) is 18.0 Å². The van der Waals surface area contributed by atoms with Crippen LogP contribution in [0.15, 0.2) is 48.5 Å². The maximum Gasteiger partial charge on any atom is 0.254 e. The van der Waals surface area contributed by atoms with E-state index in [9.17, 15) is 14.0 Å². The van der Waals surface area contributed by atoms with Gasteiger partial charge in [0.2, 0.25) is 0 Å². The minimum absolute atomic E-state index is 0.0418. The van der Waals surface area contributed by atoms with Gasteiger partial charge in [-0.3, -0.25) is 9.59 Å². The average Bonchev–Trinajstić information content (AvgIpc) is 3.18. The highest BCUT2D eigenvalue weighted by Crippen LogP contribution is 2.38. The van der Waals surface area contributed by atoms with Crippen LogP contribution < -0.4 is 5.73 Å². The number of primary amides is 1. The van der Waals surface area contributed by atoms with Crippen molar-refractivity contribution in [1.29, 1.82) is 0 Å². The number of aromatic nitrogens is 1. The Morgan fingerprint density at radius 3 is 2.48 bits per heavy atom. The van der Waals surface area contributed by atoms with Crippen molar-refractivity contribution in [3.05, 3.63) is 70.5 Å². The number of amides is 2. The van der Waals surface area contributed by atoms with Gasteiger partial charge in [-0.05, 0) is 49.0 Å². The highest BCUT2D eigenvalue weighted by molar-refractivity contribution is 6.31. The molecule has 0 atom stereocenters. The molecule has 1 aromatic heterocycles. The van der Waals surface area contributed by atoms with Crippen LogP contribution in [0, 0.1) is 5.82 Å². The van der Waals surface area contributed by atoms with Crippen molar-refractivity contribution >= 4 is 45.2 Å². The first-order valence-electron chi connectivity index (χ1n) is 10.6. The summed E-state index contributed by atoms with van der Waals surface area (Å²) in [5.41, 5.74) is 8.53. The topological polar surface area (TPSA) is 82.4 Å². The summed E-state index contributed by atoms with van der Waals surface area (Å²) in [6.45, 7) is 3.00. The van der Waals surface area contributed by atoms with Crippen LogP contribution in [-0.2, 0) is 0 Å². The summed E-state index contributed by atoms with van der Waals surface area (Å²) in [5, 5.41) is 1.82. The SMILES string of the molecule is CN1CCN(C(=O)c2ccc3c(c2)[nH]c2c(C(N)=O)ccc(-c4cc(Cl)ccc4F)c23)CC1. The minimum atomic E-state index is -0.599. The summed E-state index contributed by atoms with van der Waals surface area (Å²) in [6, 6.07) is 13.0. The van der Waals surface area contributed by atoms with Gasteiger partial charge in [0.1, 0.15) is 5.82 Å². The molecule has 33 heavy (non-hydrogen) atoms. The Labute approximate surface area is 194 Å². The smallest absolute Gasteiger partial charge is 0.254 e. The first-order chi connectivity index (χ1) is 15.8. The number of rotatable bonds is 3. The molecule has 1 fully saturated rings. The molecule has 5 rings (SSSR count). The Morgan fingerprint density at radius 2 is 1.76 bits per heavy atom. The molecule has 4 aromatic rings. The average molecular weight is 465 g/mol. The quantitative estimate of drug-likeness (QED) is 0.475. The third-order valence-corrected chi connectivity index (χ3v) is 6.51. The number of nitrogens with two attached hydrogens (primary N) is 1. The van der Waals surface area contributed by atoms with E-state index in [-0.39, 0.29) is 5.91 Å². The van der Waals surface area contributed by atoms with Crippen LogP contribution >= 0.6 is 11.6 Å². The number of aromatic amines is 1. The molecule has 0 saturated carbocycles. The van der Waals surface area contributed by atoms with Gasteiger partial charge in [0, 0.05) is 58.6 Å². The second-order valence-corrected chi connectivity index (χ2v) is 8.82. The number of H-pyrrole nitrogens is 1. The second-order valence-electron chi connectivity index (χ2n) is 8.38. The fourth-order valence-corrected chi connectivity index (χ4v) is 4.64. The van der Waals surface area contributed by atoms with Crippen molar-refractivity contribution in [3.63, 3.8) is 0 Å². The normalized spacial score (nSPS) is 14.8. The lowest BCUT2D eigenvalue weighted by atomic mass is 9.96. The zero-order valence-electron chi connectivity index (χ0n) is 18.0. The van der Waals surface area contributed by atoms with Gasteiger partial charge in [-0.25, -0.2) is 4.39 Å². The molecule has 0 bridgehead atoms. The van der Waals surface area contributed by atoms with E-state index in [0.29, 0.717) is 56.8 Å². The molecule has 8 heteroatoms. The Hall–Kier alpha value is -3.42. The number of halogens is 2. The van der Waals surface area contributed by atoms with E-state index < -0.39 is 11.7 Å². The summed E-state index contributed by atoms with van der Waals surface area (Å²) in [4.78, 5) is 32.4. The molecule has 3 N–H and O–H groups in total. The maximum absolute atomic E-state index is 14.7. The number of likely N-dealkylation sites (N-methyl/N-ethyl adjacent to an activating group) is 1. The lowest BCUT2D eigenvalue weighted by Gasteiger charge is -2.32. The summed E-state index contributed by atoms with van der Waals surface area (Å²) in [7, 11) is 2.04. The molecule has 1 saturated heterocycles. The molecule has 0 spiro atoms. The number of nitrogens with zero attached hydrogens (tertiary/aromatic N) is 2. The van der Waals surface area contributed by atoms with Crippen molar-refractivity contribution in [1.82, 2.24) is 14.8 Å². The van der Waals surface area contributed by atoms with Gasteiger partial charge >= 0.3 is 0 Å². The molecule has 168 valence electrons. The van der Waals surface area contributed by atoms with Crippen LogP contribution in [0.1, 0.15) is 20.7 Å². The molecule has 2 heterocycles. The molecule has 0 aliphatic carbocycles. The highest BCUT2D eigenvalue weighted by atomic mass is 35.5. The van der Waals surface area contributed by atoms with Crippen LogP contribution in [-0.4, -0.2) is 59.8 Å². The summed E-state index contributed by atoms with van der Waals surface area (Å²) in [6.07, 6.45) is 0. The Bertz CT molecular complexity index is 1420. The van der Waals surface area contributed by atoms with Crippen molar-refractivity contribution in [2.24, 2.45) is 5.73 Å². The first-order valence-corrected chi connectivity index (χ1v) is 11.0. The maximum atomic E-state index is 14.7. The van der Waals surface area contributed by atoms with Crippen LogP contribution in [0.25, 0.3) is 32.9 Å².